The first-order valence-corrected chi connectivity index (χ1v) is 15.6. The number of hydrogen-bond acceptors (Lipinski definition) is 12. The molecule has 0 aromatic heterocycles. The lowest BCUT2D eigenvalue weighted by Crippen LogP contribution is -2.16. The Kier molecular flexibility index (Phi) is 16.4. The number of esters is 2. The number of carbonyl (C=O) groups excluding carboxylic acids is 4. The summed E-state index contributed by atoms with van der Waals surface area (Å²) in [6.07, 6.45) is 3.45. The van der Waals surface area contributed by atoms with Crippen LogP contribution >= 0.6 is 0 Å². The van der Waals surface area contributed by atoms with Gasteiger partial charge in [-0.25, -0.2) is 0 Å². The molecule has 252 valence electrons. The Hall–Kier alpha value is -4.16. The number of fused-ring (bicyclic) bond motifs is 2. The molecule has 0 bridgehead atoms. The van der Waals surface area contributed by atoms with Gasteiger partial charge in [-0.05, 0) is 62.1 Å². The van der Waals surface area contributed by atoms with Crippen LogP contribution in [0.5, 0.6) is 23.0 Å². The van der Waals surface area contributed by atoms with E-state index in [1.54, 1.807) is 36.4 Å². The summed E-state index contributed by atoms with van der Waals surface area (Å²) in [5.41, 5.74) is 0.986. The molecular formula is C34H44O12. The van der Waals surface area contributed by atoms with Crippen molar-refractivity contribution in [2.45, 2.75) is 51.4 Å². The van der Waals surface area contributed by atoms with E-state index in [1.165, 1.54) is 14.2 Å². The summed E-state index contributed by atoms with van der Waals surface area (Å²) in [6, 6.07) is 10.1. The molecule has 0 unspecified atom stereocenters. The van der Waals surface area contributed by atoms with Gasteiger partial charge < -0.3 is 37.9 Å². The Morgan fingerprint density at radius 3 is 1.22 bits per heavy atom. The number of carbonyl (C=O) groups is 4. The smallest absolute Gasteiger partial charge is 0.305 e. The maximum absolute atomic E-state index is 12.7. The van der Waals surface area contributed by atoms with Crippen molar-refractivity contribution in [2.24, 2.45) is 0 Å². The number of hydrogen-bond donors (Lipinski definition) is 0. The maximum atomic E-state index is 12.7. The van der Waals surface area contributed by atoms with Crippen LogP contribution in [0.15, 0.2) is 36.4 Å². The van der Waals surface area contributed by atoms with Gasteiger partial charge in [-0.2, -0.15) is 0 Å². The molecule has 12 nitrogen and oxygen atoms in total. The van der Waals surface area contributed by atoms with Gasteiger partial charge in [0.15, 0.2) is 34.6 Å². The molecule has 0 fully saturated rings. The third-order valence-corrected chi connectivity index (χ3v) is 7.00. The zero-order valence-corrected chi connectivity index (χ0v) is 26.7. The van der Waals surface area contributed by atoms with Crippen LogP contribution in [0, 0.1) is 0 Å². The quantitative estimate of drug-likeness (QED) is 0.178. The fourth-order valence-electron chi connectivity index (χ4n) is 4.48. The Bertz CT molecular complexity index is 1180. The Morgan fingerprint density at radius 2 is 0.848 bits per heavy atom. The highest BCUT2D eigenvalue weighted by atomic mass is 16.6. The lowest BCUT2D eigenvalue weighted by molar-refractivity contribution is -0.141. The van der Waals surface area contributed by atoms with Crippen molar-refractivity contribution in [2.75, 3.05) is 67.1 Å². The van der Waals surface area contributed by atoms with Crippen LogP contribution in [0.25, 0.3) is 0 Å². The van der Waals surface area contributed by atoms with Gasteiger partial charge in [-0.3, -0.25) is 19.2 Å². The monoisotopic (exact) mass is 644 g/mol. The predicted octanol–water partition coefficient (Wildman–Crippen LogP) is 4.78. The maximum Gasteiger partial charge on any atom is 0.305 e. The van der Waals surface area contributed by atoms with Crippen LogP contribution < -0.4 is 18.9 Å². The second-order valence-electron chi connectivity index (χ2n) is 10.4. The average Bonchev–Trinajstić information content (AvgIpc) is 3.07. The number of Topliss-reactive ketones (excluding diaryl/α,β-unsaturated/α-hetero) is 2. The zero-order chi connectivity index (χ0) is 33.0. The molecule has 1 aliphatic heterocycles. The topological polar surface area (TPSA) is 142 Å². The van der Waals surface area contributed by atoms with Crippen LogP contribution in [0.4, 0.5) is 0 Å². The Morgan fingerprint density at radius 1 is 0.500 bits per heavy atom. The Balaban J connectivity index is 1.55. The molecule has 1 aliphatic rings. The first-order valence-electron chi connectivity index (χ1n) is 15.6. The van der Waals surface area contributed by atoms with Gasteiger partial charge in [-0.1, -0.05) is 0 Å². The first kappa shape index (κ1) is 36.3. The van der Waals surface area contributed by atoms with Crippen molar-refractivity contribution in [3.63, 3.8) is 0 Å². The minimum Gasteiger partial charge on any atom is -0.487 e. The number of unbranched alkanes of at least 4 members (excludes halogenated alkanes) is 2. The molecule has 2 aromatic rings. The van der Waals surface area contributed by atoms with Crippen molar-refractivity contribution in [1.82, 2.24) is 0 Å². The fraction of sp³-hybridized carbons (Fsp3) is 0.529. The van der Waals surface area contributed by atoms with E-state index >= 15 is 0 Å². The largest absolute Gasteiger partial charge is 0.487 e. The summed E-state index contributed by atoms with van der Waals surface area (Å²) in [4.78, 5) is 48.1. The standard InChI is InChI=1S/C34H44O12/c1-39-33(37)9-5-3-7-27(35)25-11-13-29-31(23-25)45-21-17-41-16-20-44-30-14-12-26(28(36)8-4-6-10-34(38)40-2)24-32(30)46-22-18-42-15-19-43-29/h11-14,23-24H,3-10,15-22H2,1-2H3. The molecule has 2 aromatic carbocycles. The van der Waals surface area contributed by atoms with Crippen molar-refractivity contribution in [3.8, 4) is 23.0 Å². The molecular weight excluding hydrogens is 600 g/mol. The lowest BCUT2D eigenvalue weighted by Gasteiger charge is -2.16. The zero-order valence-electron chi connectivity index (χ0n) is 26.7. The van der Waals surface area contributed by atoms with Crippen molar-refractivity contribution in [3.05, 3.63) is 47.5 Å². The van der Waals surface area contributed by atoms with Crippen LogP contribution in [0.1, 0.15) is 72.1 Å². The van der Waals surface area contributed by atoms with E-state index in [0.717, 1.165) is 0 Å². The highest BCUT2D eigenvalue weighted by molar-refractivity contribution is 5.97. The highest BCUT2D eigenvalue weighted by Crippen LogP contribution is 2.31. The third kappa shape index (κ3) is 13.1. The van der Waals surface area contributed by atoms with Gasteiger partial charge in [0, 0.05) is 36.8 Å². The van der Waals surface area contributed by atoms with Gasteiger partial charge in [0.2, 0.25) is 0 Å². The summed E-state index contributed by atoms with van der Waals surface area (Å²) < 4.78 is 44.3. The van der Waals surface area contributed by atoms with E-state index in [2.05, 4.69) is 9.47 Å². The van der Waals surface area contributed by atoms with E-state index in [9.17, 15) is 19.2 Å². The van der Waals surface area contributed by atoms with Crippen molar-refractivity contribution < 1.29 is 57.1 Å². The summed E-state index contributed by atoms with van der Waals surface area (Å²) in [5.74, 6) is 1.10. The summed E-state index contributed by atoms with van der Waals surface area (Å²) >= 11 is 0. The summed E-state index contributed by atoms with van der Waals surface area (Å²) in [5, 5.41) is 0. The number of benzene rings is 2. The Labute approximate surface area is 269 Å². The van der Waals surface area contributed by atoms with E-state index in [1.807, 2.05) is 0 Å². The number of rotatable bonds is 12. The lowest BCUT2D eigenvalue weighted by atomic mass is 10.0. The van der Waals surface area contributed by atoms with E-state index < -0.39 is 0 Å². The molecule has 0 aliphatic carbocycles. The number of ether oxygens (including phenoxy) is 8. The van der Waals surface area contributed by atoms with Crippen molar-refractivity contribution in [1.29, 1.82) is 0 Å². The second kappa shape index (κ2) is 20.8. The van der Waals surface area contributed by atoms with Gasteiger partial charge in [0.1, 0.15) is 26.4 Å². The predicted molar refractivity (Wildman–Crippen MR) is 166 cm³/mol. The summed E-state index contributed by atoms with van der Waals surface area (Å²) in [6.45, 7) is 2.00. The highest BCUT2D eigenvalue weighted by Gasteiger charge is 2.15. The van der Waals surface area contributed by atoms with Crippen LogP contribution in [-0.2, 0) is 28.5 Å². The van der Waals surface area contributed by atoms with E-state index in [-0.39, 0.29) is 89.2 Å². The average molecular weight is 645 g/mol. The molecule has 12 heteroatoms. The molecule has 0 radical (unpaired) electrons. The molecule has 0 saturated heterocycles. The fourth-order valence-corrected chi connectivity index (χ4v) is 4.48. The molecule has 3 rings (SSSR count). The van der Waals surface area contributed by atoms with E-state index in [4.69, 9.17) is 28.4 Å². The number of methoxy groups -OCH3 is 2. The molecule has 1 heterocycles. The van der Waals surface area contributed by atoms with Gasteiger partial charge >= 0.3 is 11.9 Å². The molecule has 0 N–H and O–H groups in total. The van der Waals surface area contributed by atoms with Crippen LogP contribution in [0.3, 0.4) is 0 Å². The normalized spacial score (nSPS) is 14.3. The van der Waals surface area contributed by atoms with Gasteiger partial charge in [-0.15, -0.1) is 0 Å². The van der Waals surface area contributed by atoms with Crippen molar-refractivity contribution >= 4 is 23.5 Å². The van der Waals surface area contributed by atoms with Gasteiger partial charge in [0.25, 0.3) is 0 Å². The molecule has 0 amide bonds. The molecule has 0 spiro atoms. The SMILES string of the molecule is COC(=O)CCCCC(=O)c1ccc2c(c1)OCCOCCOc1ccc(C(=O)CCCCC(=O)OC)cc1OCCOCCO2. The van der Waals surface area contributed by atoms with Gasteiger partial charge in [0.05, 0.1) is 40.6 Å². The minimum atomic E-state index is -0.291. The van der Waals surface area contributed by atoms with Crippen LogP contribution in [-0.4, -0.2) is 90.6 Å². The van der Waals surface area contributed by atoms with Crippen LogP contribution in [0.2, 0.25) is 0 Å². The summed E-state index contributed by atoms with van der Waals surface area (Å²) in [7, 11) is 2.69. The second-order valence-corrected chi connectivity index (χ2v) is 10.4. The number of ketones is 2. The first-order chi connectivity index (χ1) is 22.4. The van der Waals surface area contributed by atoms with E-state index in [0.29, 0.717) is 72.6 Å². The molecule has 46 heavy (non-hydrogen) atoms. The minimum absolute atomic E-state index is 0.0557. The molecule has 0 saturated carbocycles. The third-order valence-electron chi connectivity index (χ3n) is 7.00. The molecule has 0 atom stereocenters.